The summed E-state index contributed by atoms with van der Waals surface area (Å²) in [6, 6.07) is 0. The molecule has 0 aliphatic carbocycles. The van der Waals surface area contributed by atoms with Crippen molar-refractivity contribution in [2.75, 3.05) is 0 Å². The van der Waals surface area contributed by atoms with E-state index in [1.807, 2.05) is 0 Å². The lowest BCUT2D eigenvalue weighted by molar-refractivity contribution is -0.713. The van der Waals surface area contributed by atoms with E-state index in [1.165, 1.54) is 0 Å². The van der Waals surface area contributed by atoms with Gasteiger partial charge in [0.15, 0.2) is 0 Å². The van der Waals surface area contributed by atoms with Gasteiger partial charge in [0.1, 0.15) is 24.8 Å². The third kappa shape index (κ3) is 1.40. The minimum absolute atomic E-state index is 0.333. The summed E-state index contributed by atoms with van der Waals surface area (Å²) in [4.78, 5) is 0. The Balaban J connectivity index is 4.53. The molecule has 0 fully saturated rings. The maximum atomic E-state index is 3.60. The van der Waals surface area contributed by atoms with Crippen LogP contribution in [0.1, 0.15) is 0 Å². The van der Waals surface area contributed by atoms with Crippen LogP contribution in [-0.4, -0.2) is 4.48 Å². The van der Waals surface area contributed by atoms with Gasteiger partial charge >= 0.3 is 0 Å². The zero-order chi connectivity index (χ0) is 7.33. The summed E-state index contributed by atoms with van der Waals surface area (Å²) in [6.45, 7) is 14.4. The standard InChI is InChI=1S/C8H12N/c1-5-9(6-2,7-3)8-4/h5-8H,1-4H2/q+1. The van der Waals surface area contributed by atoms with Crippen molar-refractivity contribution in [1.29, 1.82) is 0 Å². The van der Waals surface area contributed by atoms with Crippen LogP contribution in [0.3, 0.4) is 0 Å². The molecule has 0 aromatic carbocycles. The topological polar surface area (TPSA) is 0 Å². The van der Waals surface area contributed by atoms with Crippen LogP contribution in [0, 0.1) is 0 Å². The van der Waals surface area contributed by atoms with Crippen LogP contribution in [0.2, 0.25) is 0 Å². The molecule has 9 heavy (non-hydrogen) atoms. The Morgan fingerprint density at radius 2 is 0.889 bits per heavy atom. The molecule has 1 heteroatoms. The Labute approximate surface area is 56.5 Å². The fourth-order valence-electron chi connectivity index (χ4n) is 0.447. The second-order valence-corrected chi connectivity index (χ2v) is 1.62. The molecule has 0 unspecified atom stereocenters. The molecule has 0 aliphatic rings. The molecule has 0 heterocycles. The second kappa shape index (κ2) is 3.05. The molecule has 0 amide bonds. The first-order valence-corrected chi connectivity index (χ1v) is 2.67. The summed E-state index contributed by atoms with van der Waals surface area (Å²) in [5, 5.41) is 0. The number of hydrogen-bond acceptors (Lipinski definition) is 0. The zero-order valence-corrected chi connectivity index (χ0v) is 5.59. The summed E-state index contributed by atoms with van der Waals surface area (Å²) in [5.41, 5.74) is 0. The van der Waals surface area contributed by atoms with Gasteiger partial charge in [0.2, 0.25) is 0 Å². The Bertz CT molecular complexity index is 107. The van der Waals surface area contributed by atoms with Crippen LogP contribution < -0.4 is 0 Å². The fraction of sp³-hybridized carbons (Fsp3) is 0. The Kier molecular flexibility index (Phi) is 2.68. The molecule has 0 saturated carbocycles. The molecule has 1 nitrogen and oxygen atoms in total. The summed E-state index contributed by atoms with van der Waals surface area (Å²) < 4.78 is 0.333. The van der Waals surface area contributed by atoms with Crippen LogP contribution in [0.5, 0.6) is 0 Å². The summed E-state index contributed by atoms with van der Waals surface area (Å²) in [7, 11) is 0. The Morgan fingerprint density at radius 3 is 0.889 bits per heavy atom. The average Bonchev–Trinajstić information content (AvgIpc) is 1.95. The van der Waals surface area contributed by atoms with Crippen LogP contribution in [0.15, 0.2) is 51.1 Å². The van der Waals surface area contributed by atoms with Gasteiger partial charge in [-0.15, -0.1) is 0 Å². The van der Waals surface area contributed by atoms with Gasteiger partial charge in [-0.25, -0.2) is 4.48 Å². The highest BCUT2D eigenvalue weighted by molar-refractivity contribution is 4.79. The third-order valence-electron chi connectivity index (χ3n) is 1.26. The molecular formula is C8H12N+. The fourth-order valence-corrected chi connectivity index (χ4v) is 0.447. The molecule has 0 aromatic heterocycles. The van der Waals surface area contributed by atoms with E-state index in [2.05, 4.69) is 26.3 Å². The minimum Gasteiger partial charge on any atom is -0.221 e. The largest absolute Gasteiger partial charge is 0.221 e. The molecule has 0 radical (unpaired) electrons. The predicted octanol–water partition coefficient (Wildman–Crippen LogP) is 2.38. The van der Waals surface area contributed by atoms with Gasteiger partial charge < -0.3 is 0 Å². The van der Waals surface area contributed by atoms with Gasteiger partial charge in [-0.05, 0) is 26.3 Å². The first-order chi connectivity index (χ1) is 4.24. The normalized spacial score (nSPS) is 9.78. The minimum atomic E-state index is 0.333. The van der Waals surface area contributed by atoms with E-state index in [9.17, 15) is 0 Å². The molecule has 0 atom stereocenters. The van der Waals surface area contributed by atoms with Crippen molar-refractivity contribution in [2.45, 2.75) is 0 Å². The molecule has 0 aromatic rings. The van der Waals surface area contributed by atoms with Crippen molar-refractivity contribution in [3.05, 3.63) is 51.1 Å². The summed E-state index contributed by atoms with van der Waals surface area (Å²) >= 11 is 0. The van der Waals surface area contributed by atoms with Crippen LogP contribution in [-0.2, 0) is 0 Å². The Hall–Kier alpha value is -1.08. The van der Waals surface area contributed by atoms with Crippen LogP contribution in [0.4, 0.5) is 0 Å². The second-order valence-electron chi connectivity index (χ2n) is 1.62. The lowest BCUT2D eigenvalue weighted by atomic mass is 10.5. The van der Waals surface area contributed by atoms with E-state index in [0.717, 1.165) is 0 Å². The van der Waals surface area contributed by atoms with Gasteiger partial charge in [0, 0.05) is 0 Å². The third-order valence-corrected chi connectivity index (χ3v) is 1.26. The van der Waals surface area contributed by atoms with E-state index in [-0.39, 0.29) is 0 Å². The number of rotatable bonds is 4. The smallest absolute Gasteiger partial charge is 0.102 e. The summed E-state index contributed by atoms with van der Waals surface area (Å²) in [6.07, 6.45) is 6.75. The van der Waals surface area contributed by atoms with Crippen molar-refractivity contribution in [1.82, 2.24) is 0 Å². The van der Waals surface area contributed by atoms with Gasteiger partial charge in [0.05, 0.1) is 0 Å². The Morgan fingerprint density at radius 1 is 0.667 bits per heavy atom. The first-order valence-electron chi connectivity index (χ1n) is 2.67. The van der Waals surface area contributed by atoms with Gasteiger partial charge in [-0.1, -0.05) is 0 Å². The first kappa shape index (κ1) is 7.92. The highest BCUT2D eigenvalue weighted by atomic mass is 15.3. The number of hydrogen-bond donors (Lipinski definition) is 0. The maximum Gasteiger partial charge on any atom is 0.102 e. The van der Waals surface area contributed by atoms with Crippen molar-refractivity contribution >= 4 is 0 Å². The lowest BCUT2D eigenvalue weighted by Crippen LogP contribution is -2.20. The number of nitrogens with zero attached hydrogens (tertiary/aromatic N) is 1. The van der Waals surface area contributed by atoms with Gasteiger partial charge in [0.25, 0.3) is 0 Å². The maximum absolute atomic E-state index is 3.60. The van der Waals surface area contributed by atoms with E-state index in [0.29, 0.717) is 4.48 Å². The highest BCUT2D eigenvalue weighted by Crippen LogP contribution is 2.08. The molecule has 0 N–H and O–H groups in total. The van der Waals surface area contributed by atoms with Crippen LogP contribution in [0.25, 0.3) is 0 Å². The van der Waals surface area contributed by atoms with Gasteiger partial charge in [-0.2, -0.15) is 0 Å². The molecule has 0 spiro atoms. The van der Waals surface area contributed by atoms with Crippen LogP contribution >= 0.6 is 0 Å². The summed E-state index contributed by atoms with van der Waals surface area (Å²) in [5.74, 6) is 0. The number of quaternary nitrogens is 1. The van der Waals surface area contributed by atoms with Crippen molar-refractivity contribution in [3.8, 4) is 0 Å². The van der Waals surface area contributed by atoms with Crippen molar-refractivity contribution in [3.63, 3.8) is 0 Å². The molecular weight excluding hydrogens is 110 g/mol. The van der Waals surface area contributed by atoms with Crippen molar-refractivity contribution < 1.29 is 4.48 Å². The SMILES string of the molecule is C=C[N+](C=C)(C=C)C=C. The quantitative estimate of drug-likeness (QED) is 0.502. The lowest BCUT2D eigenvalue weighted by Gasteiger charge is -2.18. The van der Waals surface area contributed by atoms with E-state index < -0.39 is 0 Å². The van der Waals surface area contributed by atoms with Crippen molar-refractivity contribution in [2.24, 2.45) is 0 Å². The molecule has 0 aliphatic heterocycles. The monoisotopic (exact) mass is 122 g/mol. The van der Waals surface area contributed by atoms with E-state index in [1.54, 1.807) is 24.8 Å². The van der Waals surface area contributed by atoms with E-state index >= 15 is 0 Å². The molecule has 48 valence electrons. The van der Waals surface area contributed by atoms with E-state index in [4.69, 9.17) is 0 Å². The average molecular weight is 122 g/mol. The van der Waals surface area contributed by atoms with Gasteiger partial charge in [-0.3, -0.25) is 0 Å². The molecule has 0 saturated heterocycles. The zero-order valence-electron chi connectivity index (χ0n) is 5.59. The molecule has 0 bridgehead atoms. The highest BCUT2D eigenvalue weighted by Gasteiger charge is 2.08. The predicted molar refractivity (Wildman–Crippen MR) is 41.0 cm³/mol. The molecule has 0 rings (SSSR count).